The van der Waals surface area contributed by atoms with Crippen molar-refractivity contribution < 1.29 is 23.1 Å². The van der Waals surface area contributed by atoms with Gasteiger partial charge in [-0.15, -0.1) is 0 Å². The van der Waals surface area contributed by atoms with Crippen LogP contribution in [0.1, 0.15) is 24.8 Å². The number of hydrogen-bond donors (Lipinski definition) is 1. The Labute approximate surface area is 167 Å². The topological polar surface area (TPSA) is 83.9 Å². The maximum Gasteiger partial charge on any atom is 0.211 e. The van der Waals surface area contributed by atoms with Crippen molar-refractivity contribution in [3.63, 3.8) is 0 Å². The molecule has 0 bridgehead atoms. The molecule has 26 heavy (non-hydrogen) atoms. The first kappa shape index (κ1) is 19.8. The molecule has 0 aromatic heterocycles. The molecule has 1 aromatic carbocycles. The number of Topliss-reactive ketones (excluding diaryl/α,β-unsaturated/α-hetero) is 1. The minimum atomic E-state index is -3.42. The summed E-state index contributed by atoms with van der Waals surface area (Å²) in [4.78, 5) is 12.9. The summed E-state index contributed by atoms with van der Waals surface area (Å²) in [6.45, 7) is -0.160. The molecule has 3 atom stereocenters. The highest BCUT2D eigenvalue weighted by Crippen LogP contribution is 2.38. The highest BCUT2D eigenvalue weighted by Gasteiger charge is 2.43. The van der Waals surface area contributed by atoms with Gasteiger partial charge in [-0.25, -0.2) is 8.42 Å². The van der Waals surface area contributed by atoms with Gasteiger partial charge in [-0.05, 0) is 53.1 Å². The van der Waals surface area contributed by atoms with Gasteiger partial charge in [0.25, 0.3) is 0 Å². The molecular weight excluding hydrogens is 469 g/mol. The number of carbonyl (C=O) groups is 1. The summed E-state index contributed by atoms with van der Waals surface area (Å²) in [5, 5.41) is 9.18. The Kier molecular flexibility index (Phi) is 6.05. The van der Waals surface area contributed by atoms with Gasteiger partial charge in [0.05, 0.1) is 30.6 Å². The molecular formula is C18H22INO5S. The molecule has 1 saturated carbocycles. The van der Waals surface area contributed by atoms with E-state index >= 15 is 0 Å². The molecule has 0 amide bonds. The van der Waals surface area contributed by atoms with Crippen molar-refractivity contribution in [3.8, 4) is 0 Å². The SMILES string of the molecule is CS(=O)(=O)N(CCO)C1CCC2C(=O)C(c3ccc(I)cc3)=COC2C1. The van der Waals surface area contributed by atoms with E-state index in [9.17, 15) is 18.3 Å². The Morgan fingerprint density at radius 3 is 2.58 bits per heavy atom. The third-order valence-corrected chi connectivity index (χ3v) is 7.09. The van der Waals surface area contributed by atoms with E-state index in [1.165, 1.54) is 10.6 Å². The Hall–Kier alpha value is -0.970. The van der Waals surface area contributed by atoms with Crippen LogP contribution in [0.2, 0.25) is 0 Å². The highest BCUT2D eigenvalue weighted by atomic mass is 127. The second-order valence-corrected chi connectivity index (χ2v) is 9.93. The Morgan fingerprint density at radius 2 is 1.96 bits per heavy atom. The van der Waals surface area contributed by atoms with Gasteiger partial charge in [-0.3, -0.25) is 4.79 Å². The number of aliphatic hydroxyl groups is 1. The number of rotatable bonds is 5. The fourth-order valence-corrected chi connectivity index (χ4v) is 5.30. The van der Waals surface area contributed by atoms with Crippen LogP contribution in [0.15, 0.2) is 30.5 Å². The monoisotopic (exact) mass is 491 g/mol. The lowest BCUT2D eigenvalue weighted by atomic mass is 9.77. The summed E-state index contributed by atoms with van der Waals surface area (Å²) in [5.41, 5.74) is 1.42. The van der Waals surface area contributed by atoms with Gasteiger partial charge < -0.3 is 9.84 Å². The molecule has 1 N–H and O–H groups in total. The number of benzene rings is 1. The van der Waals surface area contributed by atoms with Gasteiger partial charge in [0, 0.05) is 22.6 Å². The van der Waals surface area contributed by atoms with E-state index in [2.05, 4.69) is 22.6 Å². The van der Waals surface area contributed by atoms with Crippen LogP contribution in [0.25, 0.3) is 5.57 Å². The summed E-state index contributed by atoms with van der Waals surface area (Å²) in [6.07, 6.45) is 3.97. The molecule has 1 fully saturated rings. The Bertz CT molecular complexity index is 805. The summed E-state index contributed by atoms with van der Waals surface area (Å²) >= 11 is 2.22. The molecule has 6 nitrogen and oxygen atoms in total. The van der Waals surface area contributed by atoms with E-state index < -0.39 is 10.0 Å². The number of carbonyl (C=O) groups excluding carboxylic acids is 1. The van der Waals surface area contributed by atoms with Crippen molar-refractivity contribution in [2.75, 3.05) is 19.4 Å². The summed E-state index contributed by atoms with van der Waals surface area (Å²) in [5.74, 6) is -0.185. The first-order valence-electron chi connectivity index (χ1n) is 8.54. The molecule has 0 radical (unpaired) electrons. The van der Waals surface area contributed by atoms with Gasteiger partial charge >= 0.3 is 0 Å². The highest BCUT2D eigenvalue weighted by molar-refractivity contribution is 14.1. The first-order chi connectivity index (χ1) is 12.3. The van der Waals surface area contributed by atoms with Crippen LogP contribution in [0, 0.1) is 9.49 Å². The minimum Gasteiger partial charge on any atom is -0.496 e. The zero-order valence-electron chi connectivity index (χ0n) is 14.5. The number of fused-ring (bicyclic) bond motifs is 1. The lowest BCUT2D eigenvalue weighted by molar-refractivity contribution is -0.125. The standard InChI is InChI=1S/C18H22INO5S/c1-26(23,24)20(8-9-21)14-6-7-15-17(10-14)25-11-16(18(15)22)12-2-4-13(19)5-3-12/h2-5,11,14-15,17,21H,6-10H2,1H3. The van der Waals surface area contributed by atoms with E-state index in [-0.39, 0.29) is 37.0 Å². The van der Waals surface area contributed by atoms with Crippen LogP contribution >= 0.6 is 22.6 Å². The number of hydrogen-bond acceptors (Lipinski definition) is 5. The van der Waals surface area contributed by atoms with Crippen LogP contribution in [0.5, 0.6) is 0 Å². The normalized spacial score (nSPS) is 26.2. The van der Waals surface area contributed by atoms with Crippen molar-refractivity contribution in [1.82, 2.24) is 4.31 Å². The number of ether oxygens (including phenoxy) is 1. The average Bonchev–Trinajstić information content (AvgIpc) is 2.60. The number of halogens is 1. The molecule has 1 aliphatic heterocycles. The molecule has 3 rings (SSSR count). The molecule has 1 heterocycles. The molecule has 142 valence electrons. The molecule has 8 heteroatoms. The van der Waals surface area contributed by atoms with E-state index in [1.54, 1.807) is 0 Å². The van der Waals surface area contributed by atoms with Crippen LogP contribution in [0.4, 0.5) is 0 Å². The molecule has 3 unspecified atom stereocenters. The predicted molar refractivity (Wildman–Crippen MR) is 107 cm³/mol. The zero-order valence-corrected chi connectivity index (χ0v) is 17.4. The van der Waals surface area contributed by atoms with Crippen LogP contribution in [-0.4, -0.2) is 55.2 Å². The lowest BCUT2D eigenvalue weighted by Crippen LogP contribution is -2.49. The second-order valence-electron chi connectivity index (χ2n) is 6.75. The molecule has 1 aromatic rings. The number of allylic oxidation sites excluding steroid dienone is 1. The van der Waals surface area contributed by atoms with Crippen molar-refractivity contribution in [3.05, 3.63) is 39.7 Å². The smallest absolute Gasteiger partial charge is 0.211 e. The number of aliphatic hydroxyl groups excluding tert-OH is 1. The van der Waals surface area contributed by atoms with Gasteiger partial charge in [0.1, 0.15) is 6.10 Å². The fraction of sp³-hybridized carbons (Fsp3) is 0.500. The lowest BCUT2D eigenvalue weighted by Gasteiger charge is -2.41. The predicted octanol–water partition coefficient (Wildman–Crippen LogP) is 2.02. The van der Waals surface area contributed by atoms with Crippen LogP contribution in [0.3, 0.4) is 0 Å². The Balaban J connectivity index is 1.78. The maximum absolute atomic E-state index is 12.9. The number of ketones is 1. The average molecular weight is 491 g/mol. The van der Waals surface area contributed by atoms with E-state index in [0.29, 0.717) is 24.8 Å². The second kappa shape index (κ2) is 7.95. The van der Waals surface area contributed by atoms with Gasteiger partial charge in [-0.2, -0.15) is 4.31 Å². The van der Waals surface area contributed by atoms with E-state index in [1.807, 2.05) is 24.3 Å². The Morgan fingerprint density at radius 1 is 1.27 bits per heavy atom. The van der Waals surface area contributed by atoms with Crippen molar-refractivity contribution in [2.24, 2.45) is 5.92 Å². The van der Waals surface area contributed by atoms with Crippen molar-refractivity contribution in [2.45, 2.75) is 31.4 Å². The quantitative estimate of drug-likeness (QED) is 0.638. The minimum absolute atomic E-state index is 0.0639. The zero-order chi connectivity index (χ0) is 18.9. The first-order valence-corrected chi connectivity index (χ1v) is 11.5. The summed E-state index contributed by atoms with van der Waals surface area (Å²) < 4.78 is 32.3. The van der Waals surface area contributed by atoms with Crippen LogP contribution < -0.4 is 0 Å². The molecule has 0 spiro atoms. The number of nitrogens with zero attached hydrogens (tertiary/aromatic N) is 1. The third-order valence-electron chi connectivity index (χ3n) is 5.04. The maximum atomic E-state index is 12.9. The largest absolute Gasteiger partial charge is 0.496 e. The number of sulfonamides is 1. The summed E-state index contributed by atoms with van der Waals surface area (Å²) in [7, 11) is -3.42. The van der Waals surface area contributed by atoms with Gasteiger partial charge in [-0.1, -0.05) is 12.1 Å². The van der Waals surface area contributed by atoms with Crippen LogP contribution in [-0.2, 0) is 19.6 Å². The van der Waals surface area contributed by atoms with Gasteiger partial charge in [0.2, 0.25) is 10.0 Å². The van der Waals surface area contributed by atoms with E-state index in [0.717, 1.165) is 15.4 Å². The van der Waals surface area contributed by atoms with Gasteiger partial charge in [0.15, 0.2) is 5.78 Å². The molecule has 2 aliphatic rings. The summed E-state index contributed by atoms with van der Waals surface area (Å²) in [6, 6.07) is 7.47. The molecule has 1 aliphatic carbocycles. The third kappa shape index (κ3) is 4.13. The van der Waals surface area contributed by atoms with Crippen molar-refractivity contribution in [1.29, 1.82) is 0 Å². The fourth-order valence-electron chi connectivity index (χ4n) is 3.79. The van der Waals surface area contributed by atoms with E-state index in [4.69, 9.17) is 4.74 Å². The molecule has 0 saturated heterocycles. The van der Waals surface area contributed by atoms with Crippen molar-refractivity contribution >= 4 is 44.0 Å².